The van der Waals surface area contributed by atoms with Crippen molar-refractivity contribution in [1.82, 2.24) is 15.5 Å². The third-order valence-corrected chi connectivity index (χ3v) is 3.36. The summed E-state index contributed by atoms with van der Waals surface area (Å²) in [5.41, 5.74) is 0.287. The summed E-state index contributed by atoms with van der Waals surface area (Å²) in [6, 6.07) is 0. The molecule has 0 aromatic heterocycles. The van der Waals surface area contributed by atoms with E-state index in [1.54, 1.807) is 0 Å². The van der Waals surface area contributed by atoms with Gasteiger partial charge in [0.1, 0.15) is 0 Å². The Kier molecular flexibility index (Phi) is 6.09. The van der Waals surface area contributed by atoms with Crippen molar-refractivity contribution in [3.8, 4) is 0 Å². The highest BCUT2D eigenvalue weighted by atomic mass is 16.1. The predicted molar refractivity (Wildman–Crippen MR) is 75.6 cm³/mol. The molecule has 0 bridgehead atoms. The fraction of sp³-hybridized carbons (Fsp3) is 0.929. The summed E-state index contributed by atoms with van der Waals surface area (Å²) in [5.74, 6) is 0.279. The van der Waals surface area contributed by atoms with Crippen LogP contribution in [0.3, 0.4) is 0 Å². The maximum atomic E-state index is 11.9. The Bertz CT molecular complexity index is 254. The van der Waals surface area contributed by atoms with Gasteiger partial charge in [-0.05, 0) is 11.8 Å². The molecule has 1 atom stereocenters. The van der Waals surface area contributed by atoms with Gasteiger partial charge in [-0.1, -0.05) is 27.7 Å². The Labute approximate surface area is 111 Å². The van der Waals surface area contributed by atoms with Gasteiger partial charge in [-0.15, -0.1) is 0 Å². The number of rotatable bonds is 5. The highest BCUT2D eigenvalue weighted by Crippen LogP contribution is 2.17. The van der Waals surface area contributed by atoms with Gasteiger partial charge in [0.2, 0.25) is 5.91 Å². The average molecular weight is 255 g/mol. The van der Waals surface area contributed by atoms with E-state index in [0.29, 0.717) is 0 Å². The minimum Gasteiger partial charge on any atom is -0.356 e. The van der Waals surface area contributed by atoms with Gasteiger partial charge in [0.05, 0.1) is 0 Å². The summed E-state index contributed by atoms with van der Waals surface area (Å²) in [6.45, 7) is 14.5. The second-order valence-corrected chi connectivity index (χ2v) is 6.55. The molecule has 2 N–H and O–H groups in total. The molecule has 0 aromatic carbocycles. The second kappa shape index (κ2) is 7.10. The Balaban J connectivity index is 2.19. The van der Waals surface area contributed by atoms with Gasteiger partial charge < -0.3 is 15.5 Å². The van der Waals surface area contributed by atoms with E-state index in [4.69, 9.17) is 0 Å². The third-order valence-electron chi connectivity index (χ3n) is 3.36. The average Bonchev–Trinajstić information content (AvgIpc) is 2.28. The van der Waals surface area contributed by atoms with Gasteiger partial charge in [0, 0.05) is 45.2 Å². The molecule has 1 aliphatic heterocycles. The molecule has 106 valence electrons. The van der Waals surface area contributed by atoms with E-state index in [0.717, 1.165) is 45.7 Å². The number of amides is 1. The van der Waals surface area contributed by atoms with E-state index in [1.165, 1.54) is 0 Å². The zero-order valence-corrected chi connectivity index (χ0v) is 12.4. The summed E-state index contributed by atoms with van der Waals surface area (Å²) in [4.78, 5) is 14.3. The molecule has 1 unspecified atom stereocenters. The fourth-order valence-corrected chi connectivity index (χ4v) is 2.10. The van der Waals surface area contributed by atoms with E-state index in [1.807, 2.05) is 6.92 Å². The van der Waals surface area contributed by atoms with Crippen molar-refractivity contribution in [2.24, 2.45) is 11.3 Å². The lowest BCUT2D eigenvalue weighted by atomic mass is 9.92. The molecular weight excluding hydrogens is 226 g/mol. The monoisotopic (exact) mass is 255 g/mol. The van der Waals surface area contributed by atoms with Crippen LogP contribution in [0, 0.1) is 11.3 Å². The molecule has 0 saturated carbocycles. The van der Waals surface area contributed by atoms with Crippen molar-refractivity contribution >= 4 is 5.91 Å². The van der Waals surface area contributed by atoms with E-state index < -0.39 is 0 Å². The standard InChI is InChI=1S/C14H29N3O/c1-12(11-17-9-7-15-8-10-17)13(18)16-6-5-14(2,3)4/h12,15H,5-11H2,1-4H3,(H,16,18). The Morgan fingerprint density at radius 2 is 1.94 bits per heavy atom. The second-order valence-electron chi connectivity index (χ2n) is 6.55. The highest BCUT2D eigenvalue weighted by Gasteiger charge is 2.19. The zero-order valence-electron chi connectivity index (χ0n) is 12.4. The first-order valence-corrected chi connectivity index (χ1v) is 7.09. The zero-order chi connectivity index (χ0) is 13.6. The van der Waals surface area contributed by atoms with E-state index in [2.05, 4.69) is 36.3 Å². The normalized spacial score (nSPS) is 19.6. The molecule has 4 heteroatoms. The first-order valence-electron chi connectivity index (χ1n) is 7.09. The molecule has 1 amide bonds. The summed E-state index contributed by atoms with van der Waals surface area (Å²) in [7, 11) is 0. The number of nitrogens with zero attached hydrogens (tertiary/aromatic N) is 1. The summed E-state index contributed by atoms with van der Waals surface area (Å²) in [5, 5.41) is 6.37. The number of nitrogens with one attached hydrogen (secondary N) is 2. The van der Waals surface area contributed by atoms with Gasteiger partial charge in [-0.3, -0.25) is 4.79 Å². The molecule has 18 heavy (non-hydrogen) atoms. The van der Waals surface area contributed by atoms with Gasteiger partial charge in [0.15, 0.2) is 0 Å². The number of hydrogen-bond acceptors (Lipinski definition) is 3. The van der Waals surface area contributed by atoms with Crippen LogP contribution in [0.1, 0.15) is 34.1 Å². The van der Waals surface area contributed by atoms with Gasteiger partial charge in [-0.25, -0.2) is 0 Å². The Hall–Kier alpha value is -0.610. The van der Waals surface area contributed by atoms with Crippen molar-refractivity contribution in [3.63, 3.8) is 0 Å². The largest absolute Gasteiger partial charge is 0.356 e. The Morgan fingerprint density at radius 3 is 2.50 bits per heavy atom. The van der Waals surface area contributed by atoms with Crippen LogP contribution in [0.15, 0.2) is 0 Å². The lowest BCUT2D eigenvalue weighted by Crippen LogP contribution is -2.47. The number of piperazine rings is 1. The van der Waals surface area contributed by atoms with Gasteiger partial charge in [0.25, 0.3) is 0 Å². The highest BCUT2D eigenvalue weighted by molar-refractivity contribution is 5.78. The summed E-state index contributed by atoms with van der Waals surface area (Å²) >= 11 is 0. The van der Waals surface area contributed by atoms with Crippen LogP contribution in [0.5, 0.6) is 0 Å². The maximum Gasteiger partial charge on any atom is 0.224 e. The molecule has 4 nitrogen and oxygen atoms in total. The Morgan fingerprint density at radius 1 is 1.33 bits per heavy atom. The van der Waals surface area contributed by atoms with Crippen molar-refractivity contribution in [2.75, 3.05) is 39.3 Å². The first kappa shape index (κ1) is 15.4. The van der Waals surface area contributed by atoms with Crippen LogP contribution in [-0.2, 0) is 4.79 Å². The SMILES string of the molecule is CC(CN1CCNCC1)C(=O)NCCC(C)(C)C. The topological polar surface area (TPSA) is 44.4 Å². The summed E-state index contributed by atoms with van der Waals surface area (Å²) < 4.78 is 0. The molecule has 0 aromatic rings. The van der Waals surface area contributed by atoms with Gasteiger partial charge >= 0.3 is 0 Å². The van der Waals surface area contributed by atoms with Crippen molar-refractivity contribution in [1.29, 1.82) is 0 Å². The molecule has 1 heterocycles. The van der Waals surface area contributed by atoms with E-state index in [9.17, 15) is 4.79 Å². The van der Waals surface area contributed by atoms with Crippen LogP contribution in [-0.4, -0.2) is 50.1 Å². The van der Waals surface area contributed by atoms with Crippen LogP contribution in [0.2, 0.25) is 0 Å². The predicted octanol–water partition coefficient (Wildman–Crippen LogP) is 1.08. The minimum atomic E-state index is 0.0862. The van der Waals surface area contributed by atoms with Crippen LogP contribution in [0.4, 0.5) is 0 Å². The van der Waals surface area contributed by atoms with Crippen molar-refractivity contribution < 1.29 is 4.79 Å². The van der Waals surface area contributed by atoms with Crippen LogP contribution < -0.4 is 10.6 Å². The first-order chi connectivity index (χ1) is 8.38. The van der Waals surface area contributed by atoms with Crippen LogP contribution >= 0.6 is 0 Å². The lowest BCUT2D eigenvalue weighted by Gasteiger charge is -2.29. The molecule has 0 aliphatic carbocycles. The molecule has 1 saturated heterocycles. The fourth-order valence-electron chi connectivity index (χ4n) is 2.10. The number of carbonyl (C=O) groups is 1. The molecule has 1 aliphatic rings. The lowest BCUT2D eigenvalue weighted by molar-refractivity contribution is -0.125. The minimum absolute atomic E-state index is 0.0862. The number of hydrogen-bond donors (Lipinski definition) is 2. The van der Waals surface area contributed by atoms with Crippen molar-refractivity contribution in [3.05, 3.63) is 0 Å². The van der Waals surface area contributed by atoms with Gasteiger partial charge in [-0.2, -0.15) is 0 Å². The molecule has 1 fully saturated rings. The molecule has 0 spiro atoms. The quantitative estimate of drug-likeness (QED) is 0.773. The molecular formula is C14H29N3O. The summed E-state index contributed by atoms with van der Waals surface area (Å²) in [6.07, 6.45) is 1.03. The van der Waals surface area contributed by atoms with Crippen LogP contribution in [0.25, 0.3) is 0 Å². The van der Waals surface area contributed by atoms with E-state index in [-0.39, 0.29) is 17.2 Å². The molecule has 0 radical (unpaired) electrons. The number of carbonyl (C=O) groups excluding carboxylic acids is 1. The van der Waals surface area contributed by atoms with Crippen molar-refractivity contribution in [2.45, 2.75) is 34.1 Å². The smallest absolute Gasteiger partial charge is 0.224 e. The maximum absolute atomic E-state index is 11.9. The molecule has 1 rings (SSSR count). The third kappa shape index (κ3) is 6.36. The van der Waals surface area contributed by atoms with E-state index >= 15 is 0 Å².